The Hall–Kier alpha value is -1.22. The molecule has 1 N–H and O–H groups in total. The number of ether oxygens (including phenoxy) is 1. The lowest BCUT2D eigenvalue weighted by Crippen LogP contribution is -2.46. The summed E-state index contributed by atoms with van der Waals surface area (Å²) in [7, 11) is 2.06. The van der Waals surface area contributed by atoms with Crippen LogP contribution in [0.15, 0.2) is 24.3 Å². The number of para-hydroxylation sites is 2. The van der Waals surface area contributed by atoms with Gasteiger partial charge in [0, 0.05) is 18.6 Å². The molecule has 2 rings (SSSR count). The number of nitrogens with one attached hydrogen (secondary N) is 1. The van der Waals surface area contributed by atoms with Crippen molar-refractivity contribution < 1.29 is 4.74 Å². The summed E-state index contributed by atoms with van der Waals surface area (Å²) < 4.78 is 5.73. The second-order valence-corrected chi connectivity index (χ2v) is 4.95. The molecule has 1 fully saturated rings. The van der Waals surface area contributed by atoms with Crippen LogP contribution >= 0.6 is 0 Å². The van der Waals surface area contributed by atoms with Crippen LogP contribution in [0, 0.1) is 0 Å². The topological polar surface area (TPSA) is 24.5 Å². The zero-order valence-electron chi connectivity index (χ0n) is 11.6. The molecule has 100 valence electrons. The molecule has 3 heteroatoms. The van der Waals surface area contributed by atoms with E-state index < -0.39 is 0 Å². The molecule has 0 spiro atoms. The highest BCUT2D eigenvalue weighted by Gasteiger charge is 2.26. The maximum absolute atomic E-state index is 5.73. The number of anilines is 1. The van der Waals surface area contributed by atoms with Crippen molar-refractivity contribution in [1.82, 2.24) is 5.32 Å². The number of hydrogen-bond donors (Lipinski definition) is 1. The second-order valence-electron chi connectivity index (χ2n) is 4.95. The second kappa shape index (κ2) is 6.10. The average molecular weight is 248 g/mol. The molecule has 1 aromatic rings. The van der Waals surface area contributed by atoms with Gasteiger partial charge in [-0.1, -0.05) is 12.1 Å². The van der Waals surface area contributed by atoms with Gasteiger partial charge in [-0.05, 0) is 45.9 Å². The smallest absolute Gasteiger partial charge is 0.142 e. The van der Waals surface area contributed by atoms with Gasteiger partial charge in [0.2, 0.25) is 0 Å². The third kappa shape index (κ3) is 2.78. The predicted molar refractivity (Wildman–Crippen MR) is 76.5 cm³/mol. The van der Waals surface area contributed by atoms with E-state index in [0.717, 1.165) is 18.9 Å². The van der Waals surface area contributed by atoms with Crippen LogP contribution in [-0.4, -0.2) is 32.3 Å². The Morgan fingerprint density at radius 2 is 2.17 bits per heavy atom. The first-order valence-electron chi connectivity index (χ1n) is 6.92. The fraction of sp³-hybridized carbons (Fsp3) is 0.600. The Balaban J connectivity index is 2.16. The van der Waals surface area contributed by atoms with Crippen LogP contribution in [0.5, 0.6) is 5.75 Å². The van der Waals surface area contributed by atoms with E-state index in [9.17, 15) is 0 Å². The van der Waals surface area contributed by atoms with Crippen molar-refractivity contribution in [1.29, 1.82) is 0 Å². The van der Waals surface area contributed by atoms with E-state index in [1.54, 1.807) is 0 Å². The molecule has 0 saturated carbocycles. The van der Waals surface area contributed by atoms with Crippen molar-refractivity contribution >= 4 is 5.69 Å². The van der Waals surface area contributed by atoms with Gasteiger partial charge in [0.05, 0.1) is 12.3 Å². The van der Waals surface area contributed by atoms with Crippen LogP contribution in [0.4, 0.5) is 5.69 Å². The first kappa shape index (κ1) is 13.2. The van der Waals surface area contributed by atoms with E-state index >= 15 is 0 Å². The van der Waals surface area contributed by atoms with Gasteiger partial charge in [-0.25, -0.2) is 0 Å². The van der Waals surface area contributed by atoms with Gasteiger partial charge in [0.25, 0.3) is 0 Å². The molecule has 1 aromatic carbocycles. The molecule has 0 amide bonds. The molecule has 0 aliphatic carbocycles. The Morgan fingerprint density at radius 3 is 2.83 bits per heavy atom. The maximum Gasteiger partial charge on any atom is 0.142 e. The van der Waals surface area contributed by atoms with E-state index in [1.807, 2.05) is 13.0 Å². The van der Waals surface area contributed by atoms with Crippen molar-refractivity contribution in [3.63, 3.8) is 0 Å². The van der Waals surface area contributed by atoms with E-state index in [0.29, 0.717) is 12.1 Å². The van der Waals surface area contributed by atoms with Gasteiger partial charge in [0.15, 0.2) is 0 Å². The predicted octanol–water partition coefficient (Wildman–Crippen LogP) is 2.66. The van der Waals surface area contributed by atoms with Crippen LogP contribution in [-0.2, 0) is 0 Å². The third-order valence-electron chi connectivity index (χ3n) is 3.76. The number of nitrogens with zero attached hydrogens (tertiary/aromatic N) is 1. The summed E-state index contributed by atoms with van der Waals surface area (Å²) in [5.41, 5.74) is 1.24. The molecule has 3 nitrogen and oxygen atoms in total. The van der Waals surface area contributed by atoms with Crippen molar-refractivity contribution in [2.24, 2.45) is 0 Å². The number of piperidine rings is 1. The minimum absolute atomic E-state index is 0.554. The largest absolute Gasteiger partial charge is 0.492 e. The standard InChI is InChI=1S/C15H24N2O/c1-4-18-15-8-6-5-7-14(15)17-10-9-13(16-3)11-12(17)2/h5-8,12-13,16H,4,9-11H2,1-3H3. The molecule has 0 aromatic heterocycles. The minimum Gasteiger partial charge on any atom is -0.492 e. The summed E-state index contributed by atoms with van der Waals surface area (Å²) >= 11 is 0. The quantitative estimate of drug-likeness (QED) is 0.886. The molecular formula is C15H24N2O. The summed E-state index contributed by atoms with van der Waals surface area (Å²) in [4.78, 5) is 2.47. The fourth-order valence-corrected chi connectivity index (χ4v) is 2.76. The maximum atomic E-state index is 5.73. The van der Waals surface area contributed by atoms with Crippen molar-refractivity contribution in [2.45, 2.75) is 38.8 Å². The highest BCUT2D eigenvalue weighted by molar-refractivity contribution is 5.59. The Kier molecular flexibility index (Phi) is 4.48. The monoisotopic (exact) mass is 248 g/mol. The molecule has 1 aliphatic heterocycles. The van der Waals surface area contributed by atoms with Gasteiger partial charge in [0.1, 0.15) is 5.75 Å². The van der Waals surface area contributed by atoms with Gasteiger partial charge >= 0.3 is 0 Å². The average Bonchev–Trinajstić information content (AvgIpc) is 2.40. The van der Waals surface area contributed by atoms with Crippen LogP contribution in [0.2, 0.25) is 0 Å². The number of rotatable bonds is 4. The highest BCUT2D eigenvalue weighted by Crippen LogP contribution is 2.32. The number of hydrogen-bond acceptors (Lipinski definition) is 3. The lowest BCUT2D eigenvalue weighted by molar-refractivity contribution is 0.334. The summed E-state index contributed by atoms with van der Waals surface area (Å²) in [6.07, 6.45) is 2.39. The molecule has 0 bridgehead atoms. The lowest BCUT2D eigenvalue weighted by Gasteiger charge is -2.39. The van der Waals surface area contributed by atoms with E-state index in [-0.39, 0.29) is 0 Å². The van der Waals surface area contributed by atoms with Gasteiger partial charge in [-0.15, -0.1) is 0 Å². The van der Waals surface area contributed by atoms with Gasteiger partial charge in [-0.2, -0.15) is 0 Å². The van der Waals surface area contributed by atoms with E-state index in [4.69, 9.17) is 4.74 Å². The molecule has 18 heavy (non-hydrogen) atoms. The Morgan fingerprint density at radius 1 is 1.39 bits per heavy atom. The zero-order valence-corrected chi connectivity index (χ0v) is 11.6. The van der Waals surface area contributed by atoms with E-state index in [1.165, 1.54) is 18.5 Å². The molecule has 1 saturated heterocycles. The van der Waals surface area contributed by atoms with Crippen LogP contribution < -0.4 is 15.0 Å². The summed E-state index contributed by atoms with van der Waals surface area (Å²) in [6.45, 7) is 6.15. The first-order valence-corrected chi connectivity index (χ1v) is 6.92. The van der Waals surface area contributed by atoms with Crippen molar-refractivity contribution in [3.8, 4) is 5.75 Å². The van der Waals surface area contributed by atoms with Crippen molar-refractivity contribution in [2.75, 3.05) is 25.1 Å². The Bertz CT molecular complexity index is 381. The molecule has 1 aliphatic rings. The third-order valence-corrected chi connectivity index (χ3v) is 3.76. The first-order chi connectivity index (χ1) is 8.76. The molecule has 2 atom stereocenters. The van der Waals surface area contributed by atoms with Crippen LogP contribution in [0.25, 0.3) is 0 Å². The molecular weight excluding hydrogens is 224 g/mol. The normalized spacial score (nSPS) is 24.1. The summed E-state index contributed by atoms with van der Waals surface area (Å²) in [5, 5.41) is 3.39. The lowest BCUT2D eigenvalue weighted by atomic mass is 9.97. The van der Waals surface area contributed by atoms with Crippen molar-refractivity contribution in [3.05, 3.63) is 24.3 Å². The molecule has 0 radical (unpaired) electrons. The zero-order chi connectivity index (χ0) is 13.0. The van der Waals surface area contributed by atoms with E-state index in [2.05, 4.69) is 42.4 Å². The van der Waals surface area contributed by atoms with Crippen LogP contribution in [0.1, 0.15) is 26.7 Å². The number of benzene rings is 1. The summed E-state index contributed by atoms with van der Waals surface area (Å²) in [6, 6.07) is 9.57. The molecule has 1 heterocycles. The van der Waals surface area contributed by atoms with Gasteiger partial charge in [-0.3, -0.25) is 0 Å². The van der Waals surface area contributed by atoms with Gasteiger partial charge < -0.3 is 15.0 Å². The summed E-state index contributed by atoms with van der Waals surface area (Å²) in [5.74, 6) is 1.01. The Labute approximate surface area is 110 Å². The minimum atomic E-state index is 0.554. The molecule has 2 unspecified atom stereocenters. The van der Waals surface area contributed by atoms with Crippen LogP contribution in [0.3, 0.4) is 0 Å². The SMILES string of the molecule is CCOc1ccccc1N1CCC(NC)CC1C. The highest BCUT2D eigenvalue weighted by atomic mass is 16.5. The fourth-order valence-electron chi connectivity index (χ4n) is 2.76.